The third-order valence-electron chi connectivity index (χ3n) is 2.13. The zero-order chi connectivity index (χ0) is 10.6. The normalized spacial score (nSPS) is 11.2. The van der Waals surface area contributed by atoms with E-state index in [0.717, 1.165) is 5.75 Å². The van der Waals surface area contributed by atoms with E-state index < -0.39 is 0 Å². The smallest absolute Gasteiger partial charge is 0.0752 e. The predicted molar refractivity (Wildman–Crippen MR) is 63.8 cm³/mol. The molecule has 0 radical (unpaired) electrons. The number of rotatable bonds is 5. The van der Waals surface area contributed by atoms with Crippen LogP contribution in [-0.4, -0.2) is 15.5 Å². The van der Waals surface area contributed by atoms with Gasteiger partial charge in [-0.05, 0) is 38.5 Å². The molecule has 0 bridgehead atoms. The van der Waals surface area contributed by atoms with Gasteiger partial charge in [0.1, 0.15) is 0 Å². The van der Waals surface area contributed by atoms with Crippen molar-refractivity contribution in [2.24, 2.45) is 0 Å². The molecule has 0 unspecified atom stereocenters. The van der Waals surface area contributed by atoms with Crippen LogP contribution >= 0.6 is 11.8 Å². The van der Waals surface area contributed by atoms with E-state index in [4.69, 9.17) is 0 Å². The molecule has 1 aromatic rings. The minimum Gasteiger partial charge on any atom is -0.270 e. The molecule has 0 spiro atoms. The van der Waals surface area contributed by atoms with Gasteiger partial charge in [-0.1, -0.05) is 6.92 Å². The summed E-state index contributed by atoms with van der Waals surface area (Å²) in [6, 6.07) is 0.471. The molecule has 0 saturated carbocycles. The average Bonchev–Trinajstić information content (AvgIpc) is 2.49. The van der Waals surface area contributed by atoms with E-state index in [-0.39, 0.29) is 0 Å². The second-order valence-corrected chi connectivity index (χ2v) is 4.99. The topological polar surface area (TPSA) is 17.8 Å². The minimum absolute atomic E-state index is 0.471. The molecule has 1 heterocycles. The van der Waals surface area contributed by atoms with Crippen LogP contribution in [0.2, 0.25) is 0 Å². The van der Waals surface area contributed by atoms with Gasteiger partial charge in [-0.15, -0.1) is 0 Å². The summed E-state index contributed by atoms with van der Waals surface area (Å²) in [5, 5.41) is 4.58. The fraction of sp³-hybridized carbons (Fsp3) is 0.727. The van der Waals surface area contributed by atoms with Crippen LogP contribution in [-0.2, 0) is 5.75 Å². The van der Waals surface area contributed by atoms with Crippen molar-refractivity contribution in [3.05, 3.63) is 17.5 Å². The SMILES string of the molecule is CCCSCc1nn(C(C)C)cc1C. The van der Waals surface area contributed by atoms with E-state index in [9.17, 15) is 0 Å². The Balaban J connectivity index is 2.58. The van der Waals surface area contributed by atoms with Crippen LogP contribution in [0.1, 0.15) is 44.5 Å². The van der Waals surface area contributed by atoms with Crippen molar-refractivity contribution in [2.75, 3.05) is 5.75 Å². The zero-order valence-electron chi connectivity index (χ0n) is 9.58. The van der Waals surface area contributed by atoms with E-state index in [2.05, 4.69) is 43.7 Å². The number of hydrogen-bond donors (Lipinski definition) is 0. The highest BCUT2D eigenvalue weighted by Gasteiger charge is 2.06. The molecule has 3 heteroatoms. The lowest BCUT2D eigenvalue weighted by molar-refractivity contribution is 0.528. The van der Waals surface area contributed by atoms with Crippen LogP contribution in [0.5, 0.6) is 0 Å². The Morgan fingerprint density at radius 1 is 1.50 bits per heavy atom. The molecule has 0 aliphatic heterocycles. The first kappa shape index (κ1) is 11.6. The highest BCUT2D eigenvalue weighted by atomic mass is 32.2. The summed E-state index contributed by atoms with van der Waals surface area (Å²) in [4.78, 5) is 0. The second kappa shape index (κ2) is 5.44. The minimum atomic E-state index is 0.471. The number of aromatic nitrogens is 2. The lowest BCUT2D eigenvalue weighted by atomic mass is 10.3. The van der Waals surface area contributed by atoms with Crippen molar-refractivity contribution in [3.8, 4) is 0 Å². The maximum Gasteiger partial charge on any atom is 0.0752 e. The Bertz CT molecular complexity index is 279. The average molecular weight is 212 g/mol. The maximum absolute atomic E-state index is 4.58. The van der Waals surface area contributed by atoms with Crippen LogP contribution in [0.15, 0.2) is 6.20 Å². The van der Waals surface area contributed by atoms with E-state index in [1.807, 2.05) is 11.8 Å². The number of nitrogens with zero attached hydrogens (tertiary/aromatic N) is 2. The van der Waals surface area contributed by atoms with Gasteiger partial charge in [-0.3, -0.25) is 4.68 Å². The first-order chi connectivity index (χ1) is 6.65. The molecule has 0 N–H and O–H groups in total. The molecule has 0 aromatic carbocycles. The highest BCUT2D eigenvalue weighted by molar-refractivity contribution is 7.98. The summed E-state index contributed by atoms with van der Waals surface area (Å²) in [6.45, 7) is 8.69. The van der Waals surface area contributed by atoms with Gasteiger partial charge >= 0.3 is 0 Å². The van der Waals surface area contributed by atoms with Crippen molar-refractivity contribution >= 4 is 11.8 Å². The van der Waals surface area contributed by atoms with Gasteiger partial charge in [-0.25, -0.2) is 0 Å². The Labute approximate surface area is 91.1 Å². The standard InChI is InChI=1S/C11H20N2S/c1-5-6-14-8-11-10(4)7-13(12-11)9(2)3/h7,9H,5-6,8H2,1-4H3. The van der Waals surface area contributed by atoms with Crippen molar-refractivity contribution in [3.63, 3.8) is 0 Å². The largest absolute Gasteiger partial charge is 0.270 e. The molecule has 14 heavy (non-hydrogen) atoms. The first-order valence-electron chi connectivity index (χ1n) is 5.27. The number of thioether (sulfide) groups is 1. The molecule has 0 fully saturated rings. The van der Waals surface area contributed by atoms with Gasteiger partial charge in [0.15, 0.2) is 0 Å². The van der Waals surface area contributed by atoms with Crippen LogP contribution in [0, 0.1) is 6.92 Å². The van der Waals surface area contributed by atoms with Crippen molar-refractivity contribution < 1.29 is 0 Å². The predicted octanol–water partition coefficient (Wildman–Crippen LogP) is 3.42. The van der Waals surface area contributed by atoms with Crippen molar-refractivity contribution in [1.29, 1.82) is 0 Å². The third-order valence-corrected chi connectivity index (χ3v) is 3.31. The van der Waals surface area contributed by atoms with Gasteiger partial charge in [0.25, 0.3) is 0 Å². The van der Waals surface area contributed by atoms with Crippen LogP contribution < -0.4 is 0 Å². The third kappa shape index (κ3) is 3.05. The van der Waals surface area contributed by atoms with Gasteiger partial charge in [0, 0.05) is 18.0 Å². The Morgan fingerprint density at radius 3 is 2.71 bits per heavy atom. The summed E-state index contributed by atoms with van der Waals surface area (Å²) in [5.74, 6) is 2.29. The Kier molecular flexibility index (Phi) is 4.52. The summed E-state index contributed by atoms with van der Waals surface area (Å²) < 4.78 is 2.05. The van der Waals surface area contributed by atoms with E-state index in [0.29, 0.717) is 6.04 Å². The Morgan fingerprint density at radius 2 is 2.21 bits per heavy atom. The summed E-state index contributed by atoms with van der Waals surface area (Å²) >= 11 is 1.97. The van der Waals surface area contributed by atoms with E-state index in [1.165, 1.54) is 23.4 Å². The fourth-order valence-corrected chi connectivity index (χ4v) is 2.15. The van der Waals surface area contributed by atoms with E-state index in [1.54, 1.807) is 0 Å². The molecule has 2 nitrogen and oxygen atoms in total. The second-order valence-electron chi connectivity index (χ2n) is 3.89. The molecule has 0 saturated heterocycles. The number of hydrogen-bond acceptors (Lipinski definition) is 2. The lowest BCUT2D eigenvalue weighted by Crippen LogP contribution is -2.01. The van der Waals surface area contributed by atoms with Crippen LogP contribution in [0.25, 0.3) is 0 Å². The number of aryl methyl sites for hydroxylation is 1. The van der Waals surface area contributed by atoms with Gasteiger partial charge < -0.3 is 0 Å². The zero-order valence-corrected chi connectivity index (χ0v) is 10.4. The summed E-state index contributed by atoms with van der Waals surface area (Å²) in [7, 11) is 0. The molecular weight excluding hydrogens is 192 g/mol. The molecule has 0 atom stereocenters. The lowest BCUT2D eigenvalue weighted by Gasteiger charge is -2.03. The highest BCUT2D eigenvalue weighted by Crippen LogP contribution is 2.16. The monoisotopic (exact) mass is 212 g/mol. The van der Waals surface area contributed by atoms with Crippen LogP contribution in [0.3, 0.4) is 0 Å². The summed E-state index contributed by atoms with van der Waals surface area (Å²) in [6.07, 6.45) is 3.39. The molecule has 0 aliphatic carbocycles. The van der Waals surface area contributed by atoms with Crippen molar-refractivity contribution in [1.82, 2.24) is 9.78 Å². The van der Waals surface area contributed by atoms with Gasteiger partial charge in [0.2, 0.25) is 0 Å². The molecule has 1 rings (SSSR count). The van der Waals surface area contributed by atoms with E-state index >= 15 is 0 Å². The van der Waals surface area contributed by atoms with Gasteiger partial charge in [-0.2, -0.15) is 16.9 Å². The molecule has 0 amide bonds. The molecule has 80 valence electrons. The van der Waals surface area contributed by atoms with Crippen LogP contribution in [0.4, 0.5) is 0 Å². The Hall–Kier alpha value is -0.440. The quantitative estimate of drug-likeness (QED) is 0.696. The fourth-order valence-electron chi connectivity index (χ4n) is 1.24. The molecule has 1 aromatic heterocycles. The van der Waals surface area contributed by atoms with Crippen molar-refractivity contribution in [2.45, 2.75) is 45.9 Å². The molecule has 0 aliphatic rings. The summed E-state index contributed by atoms with van der Waals surface area (Å²) in [5.41, 5.74) is 2.57. The van der Waals surface area contributed by atoms with Gasteiger partial charge in [0.05, 0.1) is 5.69 Å². The first-order valence-corrected chi connectivity index (χ1v) is 6.43. The molecular formula is C11H20N2S. The maximum atomic E-state index is 4.58.